The van der Waals surface area contributed by atoms with E-state index in [1.54, 1.807) is 13.1 Å². The van der Waals surface area contributed by atoms with Gasteiger partial charge in [-0.05, 0) is 18.2 Å². The maximum Gasteiger partial charge on any atom is 0.270 e. The second-order valence-electron chi connectivity index (χ2n) is 7.59. The molecule has 2 aromatic rings. The monoisotopic (exact) mass is 476 g/mol. The van der Waals surface area contributed by atoms with E-state index in [-0.39, 0.29) is 42.3 Å². The number of non-ortho nitro benzene ring substituents is 1. The average molecular weight is 477 g/mol. The molecule has 0 aromatic heterocycles. The highest BCUT2D eigenvalue weighted by atomic mass is 32.2. The number of hydrogen-bond donors (Lipinski definition) is 1. The van der Waals surface area contributed by atoms with Gasteiger partial charge in [0.05, 0.1) is 28.6 Å². The highest BCUT2D eigenvalue weighted by molar-refractivity contribution is 7.89. The molecule has 176 valence electrons. The summed E-state index contributed by atoms with van der Waals surface area (Å²) < 4.78 is 38.8. The Hall–Kier alpha value is -3.38. The van der Waals surface area contributed by atoms with Crippen molar-refractivity contribution in [2.75, 3.05) is 51.8 Å². The van der Waals surface area contributed by atoms with Crippen molar-refractivity contribution < 1.29 is 27.6 Å². The largest absolute Gasteiger partial charge is 0.490 e. The summed E-state index contributed by atoms with van der Waals surface area (Å²) in [7, 11) is -2.17. The molecule has 2 aliphatic rings. The molecular weight excluding hydrogens is 452 g/mol. The van der Waals surface area contributed by atoms with Gasteiger partial charge >= 0.3 is 0 Å². The first-order chi connectivity index (χ1) is 15.8. The van der Waals surface area contributed by atoms with Gasteiger partial charge in [-0.1, -0.05) is 0 Å². The number of carbonyl (C=O) groups is 1. The SMILES string of the molecule is CNc1ccc([N+](=O)[O-])cc1C(=O)N1CCN(S(=O)(=O)c2ccc3c(c2)OCCCO3)CC1. The molecule has 11 nitrogen and oxygen atoms in total. The Balaban J connectivity index is 1.49. The van der Waals surface area contributed by atoms with Crippen LogP contribution in [0.3, 0.4) is 0 Å². The van der Waals surface area contributed by atoms with E-state index in [1.807, 2.05) is 0 Å². The van der Waals surface area contributed by atoms with Crippen LogP contribution in [0.1, 0.15) is 16.8 Å². The van der Waals surface area contributed by atoms with Crippen LogP contribution in [0.25, 0.3) is 0 Å². The number of ether oxygens (including phenoxy) is 2. The Kier molecular flexibility index (Phi) is 6.38. The van der Waals surface area contributed by atoms with Gasteiger partial charge in [-0.25, -0.2) is 8.42 Å². The minimum absolute atomic E-state index is 0.0997. The Morgan fingerprint density at radius 3 is 2.39 bits per heavy atom. The number of benzene rings is 2. The first kappa shape index (κ1) is 22.8. The number of amides is 1. The molecule has 2 aromatic carbocycles. The number of nitro benzene ring substituents is 1. The molecule has 1 N–H and O–H groups in total. The number of nitrogens with one attached hydrogen (secondary N) is 1. The lowest BCUT2D eigenvalue weighted by Crippen LogP contribution is -2.50. The van der Waals surface area contributed by atoms with Crippen LogP contribution < -0.4 is 14.8 Å². The van der Waals surface area contributed by atoms with Crippen molar-refractivity contribution in [1.29, 1.82) is 0 Å². The van der Waals surface area contributed by atoms with Crippen LogP contribution in [0.4, 0.5) is 11.4 Å². The highest BCUT2D eigenvalue weighted by Gasteiger charge is 2.32. The van der Waals surface area contributed by atoms with Gasteiger partial charge in [0.25, 0.3) is 11.6 Å². The van der Waals surface area contributed by atoms with Crippen LogP contribution in [0.5, 0.6) is 11.5 Å². The summed E-state index contributed by atoms with van der Waals surface area (Å²) in [5.74, 6) is 0.516. The van der Waals surface area contributed by atoms with Crippen LogP contribution in [-0.4, -0.2) is 74.9 Å². The van der Waals surface area contributed by atoms with Crippen molar-refractivity contribution >= 4 is 27.3 Å². The van der Waals surface area contributed by atoms with Crippen LogP contribution >= 0.6 is 0 Å². The van der Waals surface area contributed by atoms with Crippen molar-refractivity contribution in [3.05, 3.63) is 52.1 Å². The van der Waals surface area contributed by atoms with E-state index in [0.29, 0.717) is 36.8 Å². The van der Waals surface area contributed by atoms with E-state index in [9.17, 15) is 23.3 Å². The lowest BCUT2D eigenvalue weighted by molar-refractivity contribution is -0.384. The summed E-state index contributed by atoms with van der Waals surface area (Å²) in [6.45, 7) is 1.49. The molecule has 4 rings (SSSR count). The molecule has 0 saturated carbocycles. The number of anilines is 1. The third-order valence-corrected chi connectivity index (χ3v) is 7.49. The Morgan fingerprint density at radius 1 is 1.03 bits per heavy atom. The molecule has 2 aliphatic heterocycles. The fraction of sp³-hybridized carbons (Fsp3) is 0.381. The summed E-state index contributed by atoms with van der Waals surface area (Å²) in [5.41, 5.74) is 0.451. The minimum atomic E-state index is -3.79. The fourth-order valence-corrected chi connectivity index (χ4v) is 5.23. The van der Waals surface area contributed by atoms with E-state index >= 15 is 0 Å². The van der Waals surface area contributed by atoms with Gasteiger partial charge in [-0.3, -0.25) is 14.9 Å². The molecule has 1 amide bonds. The summed E-state index contributed by atoms with van der Waals surface area (Å²) in [6.07, 6.45) is 0.715. The number of carbonyl (C=O) groups excluding carboxylic acids is 1. The fourth-order valence-electron chi connectivity index (χ4n) is 3.80. The van der Waals surface area contributed by atoms with E-state index in [1.165, 1.54) is 39.5 Å². The van der Waals surface area contributed by atoms with E-state index < -0.39 is 20.9 Å². The smallest absolute Gasteiger partial charge is 0.270 e. The third-order valence-electron chi connectivity index (χ3n) is 5.60. The molecular formula is C21H24N4O7S. The minimum Gasteiger partial charge on any atom is -0.490 e. The van der Waals surface area contributed by atoms with Crippen molar-refractivity contribution in [1.82, 2.24) is 9.21 Å². The zero-order valence-electron chi connectivity index (χ0n) is 18.0. The predicted octanol–water partition coefficient (Wildman–Crippen LogP) is 1.94. The van der Waals surface area contributed by atoms with Crippen LogP contribution in [0, 0.1) is 10.1 Å². The maximum atomic E-state index is 13.2. The summed E-state index contributed by atoms with van der Waals surface area (Å²) in [5, 5.41) is 14.0. The average Bonchev–Trinajstić information content (AvgIpc) is 3.08. The molecule has 0 aliphatic carbocycles. The van der Waals surface area contributed by atoms with E-state index in [2.05, 4.69) is 5.32 Å². The van der Waals surface area contributed by atoms with Crippen LogP contribution in [0.15, 0.2) is 41.3 Å². The van der Waals surface area contributed by atoms with Gasteiger partial charge in [0.2, 0.25) is 10.0 Å². The molecule has 2 heterocycles. The number of piperazine rings is 1. The molecule has 0 bridgehead atoms. The summed E-state index contributed by atoms with van der Waals surface area (Å²) in [6, 6.07) is 8.58. The third kappa shape index (κ3) is 4.57. The van der Waals surface area contributed by atoms with E-state index in [4.69, 9.17) is 9.47 Å². The number of fused-ring (bicyclic) bond motifs is 1. The number of rotatable bonds is 5. The number of sulfonamides is 1. The van der Waals surface area contributed by atoms with E-state index in [0.717, 1.165) is 0 Å². The van der Waals surface area contributed by atoms with Crippen molar-refractivity contribution in [2.45, 2.75) is 11.3 Å². The second kappa shape index (κ2) is 9.24. The number of nitrogens with zero attached hydrogens (tertiary/aromatic N) is 3. The van der Waals surface area contributed by atoms with Gasteiger partial charge < -0.3 is 19.7 Å². The maximum absolute atomic E-state index is 13.2. The summed E-state index contributed by atoms with van der Waals surface area (Å²) >= 11 is 0. The molecule has 1 fully saturated rings. The Bertz CT molecular complexity index is 1180. The van der Waals surface area contributed by atoms with Crippen LogP contribution in [0.2, 0.25) is 0 Å². The normalized spacial score (nSPS) is 16.7. The van der Waals surface area contributed by atoms with Gasteiger partial charge in [0, 0.05) is 63.5 Å². The van der Waals surface area contributed by atoms with Crippen molar-refractivity contribution in [3.8, 4) is 11.5 Å². The molecule has 0 unspecified atom stereocenters. The number of hydrogen-bond acceptors (Lipinski definition) is 8. The van der Waals surface area contributed by atoms with Gasteiger partial charge in [-0.2, -0.15) is 4.31 Å². The lowest BCUT2D eigenvalue weighted by atomic mass is 10.1. The first-order valence-electron chi connectivity index (χ1n) is 10.5. The molecule has 0 spiro atoms. The first-order valence-corrected chi connectivity index (χ1v) is 11.9. The lowest BCUT2D eigenvalue weighted by Gasteiger charge is -2.34. The number of nitro groups is 1. The highest BCUT2D eigenvalue weighted by Crippen LogP contribution is 2.33. The van der Waals surface area contributed by atoms with Gasteiger partial charge in [-0.15, -0.1) is 0 Å². The molecule has 0 atom stereocenters. The van der Waals surface area contributed by atoms with Gasteiger partial charge in [0.15, 0.2) is 11.5 Å². The Labute approximate surface area is 191 Å². The van der Waals surface area contributed by atoms with Crippen molar-refractivity contribution in [2.24, 2.45) is 0 Å². The zero-order valence-corrected chi connectivity index (χ0v) is 18.8. The molecule has 33 heavy (non-hydrogen) atoms. The second-order valence-corrected chi connectivity index (χ2v) is 9.53. The van der Waals surface area contributed by atoms with Crippen LogP contribution in [-0.2, 0) is 10.0 Å². The predicted molar refractivity (Wildman–Crippen MR) is 119 cm³/mol. The standard InChI is InChI=1S/C21H24N4O7S/c1-22-18-5-3-15(25(27)28)13-17(18)21(26)23-7-9-24(10-8-23)33(29,30)16-4-6-19-20(14-16)32-12-2-11-31-19/h3-6,13-14,22H,2,7-12H2,1H3. The van der Waals surface area contributed by atoms with Gasteiger partial charge in [0.1, 0.15) is 0 Å². The summed E-state index contributed by atoms with van der Waals surface area (Å²) in [4.78, 5) is 25.2. The Morgan fingerprint density at radius 2 is 1.73 bits per heavy atom. The van der Waals surface area contributed by atoms with Crippen molar-refractivity contribution in [3.63, 3.8) is 0 Å². The quantitative estimate of drug-likeness (QED) is 0.512. The zero-order chi connectivity index (χ0) is 23.6. The molecule has 0 radical (unpaired) electrons. The molecule has 12 heteroatoms. The molecule has 1 saturated heterocycles. The topological polar surface area (TPSA) is 131 Å².